The van der Waals surface area contributed by atoms with Crippen LogP contribution in [0.15, 0.2) is 12.1 Å². The molecule has 0 radical (unpaired) electrons. The quantitative estimate of drug-likeness (QED) is 0.861. The van der Waals surface area contributed by atoms with Gasteiger partial charge in [-0.05, 0) is 43.5 Å². The maximum Gasteiger partial charge on any atom is 0.264 e. The van der Waals surface area contributed by atoms with Gasteiger partial charge in [-0.3, -0.25) is 4.79 Å². The molecule has 116 valence electrons. The van der Waals surface area contributed by atoms with Crippen LogP contribution in [0.5, 0.6) is 5.75 Å². The van der Waals surface area contributed by atoms with E-state index in [1.807, 2.05) is 4.90 Å². The highest BCUT2D eigenvalue weighted by Crippen LogP contribution is 2.32. The molecule has 4 nitrogen and oxygen atoms in total. The Labute approximate surface area is 132 Å². The smallest absolute Gasteiger partial charge is 0.264 e. The Hall–Kier alpha value is -1.26. The third-order valence-corrected chi connectivity index (χ3v) is 4.41. The Morgan fingerprint density at radius 3 is 2.76 bits per heavy atom. The van der Waals surface area contributed by atoms with Crippen molar-refractivity contribution in [2.45, 2.75) is 39.3 Å². The first-order valence-corrected chi connectivity index (χ1v) is 7.34. The molecule has 0 aromatic heterocycles. The number of nitrogens with zero attached hydrogens (tertiary/aromatic N) is 1. The van der Waals surface area contributed by atoms with Crippen LogP contribution >= 0.6 is 12.4 Å². The monoisotopic (exact) mass is 310 g/mol. The molecular weight excluding hydrogens is 288 g/mol. The number of piperazine rings is 1. The topological polar surface area (TPSA) is 41.6 Å². The van der Waals surface area contributed by atoms with E-state index in [1.165, 1.54) is 11.1 Å². The first-order valence-electron chi connectivity index (χ1n) is 7.34. The average molecular weight is 311 g/mol. The molecule has 1 saturated heterocycles. The maximum atomic E-state index is 12.6. The highest BCUT2D eigenvalue weighted by atomic mass is 35.5. The molecule has 2 aliphatic heterocycles. The zero-order chi connectivity index (χ0) is 14.3. The molecule has 1 amide bonds. The number of amides is 1. The highest BCUT2D eigenvalue weighted by Gasteiger charge is 2.35. The standard InChI is InChI=1S/C16H22N2O2.ClH/c1-10-6-13-8-15(20-14(13)7-11(10)2)16(19)18-5-4-17-9-12(18)3;/h6-7,12,15,17H,4-5,8-9H2,1-3H3;1H. The van der Waals surface area contributed by atoms with Gasteiger partial charge in [0, 0.05) is 32.1 Å². The lowest BCUT2D eigenvalue weighted by atomic mass is 10.0. The number of hydrogen-bond acceptors (Lipinski definition) is 3. The van der Waals surface area contributed by atoms with Gasteiger partial charge < -0.3 is 15.0 Å². The van der Waals surface area contributed by atoms with E-state index in [0.29, 0.717) is 6.42 Å². The summed E-state index contributed by atoms with van der Waals surface area (Å²) in [5.41, 5.74) is 3.64. The van der Waals surface area contributed by atoms with Crippen molar-refractivity contribution in [2.75, 3.05) is 19.6 Å². The fourth-order valence-corrected chi connectivity index (χ4v) is 3.00. The SMILES string of the molecule is Cc1cc2c(cc1C)OC(C(=O)N1CCNCC1C)C2.Cl. The molecule has 1 aromatic rings. The minimum Gasteiger partial charge on any atom is -0.480 e. The van der Waals surface area contributed by atoms with Gasteiger partial charge in [-0.25, -0.2) is 0 Å². The number of nitrogens with one attached hydrogen (secondary N) is 1. The molecule has 3 rings (SSSR count). The number of benzene rings is 1. The molecule has 2 heterocycles. The fourth-order valence-electron chi connectivity index (χ4n) is 3.00. The van der Waals surface area contributed by atoms with Crippen LogP contribution in [0.1, 0.15) is 23.6 Å². The van der Waals surface area contributed by atoms with E-state index in [9.17, 15) is 4.79 Å². The van der Waals surface area contributed by atoms with Gasteiger partial charge in [-0.15, -0.1) is 12.4 Å². The summed E-state index contributed by atoms with van der Waals surface area (Å²) in [6.45, 7) is 8.77. The molecule has 2 aliphatic rings. The van der Waals surface area contributed by atoms with Gasteiger partial charge in [-0.1, -0.05) is 6.07 Å². The second kappa shape index (κ2) is 6.24. The Balaban J connectivity index is 0.00000161. The van der Waals surface area contributed by atoms with E-state index in [1.54, 1.807) is 0 Å². The summed E-state index contributed by atoms with van der Waals surface area (Å²) < 4.78 is 5.89. The largest absolute Gasteiger partial charge is 0.480 e. The number of fused-ring (bicyclic) bond motifs is 1. The minimum absolute atomic E-state index is 0. The van der Waals surface area contributed by atoms with Gasteiger partial charge >= 0.3 is 0 Å². The first-order chi connectivity index (χ1) is 9.56. The highest BCUT2D eigenvalue weighted by molar-refractivity contribution is 5.85. The lowest BCUT2D eigenvalue weighted by Crippen LogP contribution is -2.55. The zero-order valence-corrected chi connectivity index (χ0v) is 13.6. The summed E-state index contributed by atoms with van der Waals surface area (Å²) >= 11 is 0. The van der Waals surface area contributed by atoms with E-state index >= 15 is 0 Å². The van der Waals surface area contributed by atoms with Crippen LogP contribution in [-0.4, -0.2) is 42.6 Å². The van der Waals surface area contributed by atoms with Crippen molar-refractivity contribution in [1.82, 2.24) is 10.2 Å². The van der Waals surface area contributed by atoms with Gasteiger partial charge in [0.1, 0.15) is 5.75 Å². The molecule has 21 heavy (non-hydrogen) atoms. The predicted molar refractivity (Wildman–Crippen MR) is 85.3 cm³/mol. The van der Waals surface area contributed by atoms with Crippen molar-refractivity contribution < 1.29 is 9.53 Å². The molecule has 5 heteroatoms. The summed E-state index contributed by atoms with van der Waals surface area (Å²) in [5.74, 6) is 1.01. The van der Waals surface area contributed by atoms with Crippen molar-refractivity contribution in [1.29, 1.82) is 0 Å². The van der Waals surface area contributed by atoms with Crippen molar-refractivity contribution in [3.05, 3.63) is 28.8 Å². The number of aryl methyl sites for hydroxylation is 2. The third-order valence-electron chi connectivity index (χ3n) is 4.41. The Morgan fingerprint density at radius 1 is 1.33 bits per heavy atom. The molecule has 0 bridgehead atoms. The zero-order valence-electron chi connectivity index (χ0n) is 12.8. The van der Waals surface area contributed by atoms with E-state index in [0.717, 1.165) is 30.9 Å². The van der Waals surface area contributed by atoms with Crippen molar-refractivity contribution in [2.24, 2.45) is 0 Å². The van der Waals surface area contributed by atoms with E-state index in [4.69, 9.17) is 4.74 Å². The summed E-state index contributed by atoms with van der Waals surface area (Å²) in [4.78, 5) is 14.6. The van der Waals surface area contributed by atoms with Crippen molar-refractivity contribution >= 4 is 18.3 Å². The van der Waals surface area contributed by atoms with Crippen LogP contribution in [-0.2, 0) is 11.2 Å². The molecular formula is C16H23ClN2O2. The Bertz CT molecular complexity index is 516. The Morgan fingerprint density at radius 2 is 2.05 bits per heavy atom. The molecule has 0 spiro atoms. The van der Waals surface area contributed by atoms with Crippen LogP contribution in [0, 0.1) is 13.8 Å². The van der Waals surface area contributed by atoms with Gasteiger partial charge in [0.25, 0.3) is 5.91 Å². The summed E-state index contributed by atoms with van der Waals surface area (Å²) in [7, 11) is 0. The van der Waals surface area contributed by atoms with Crippen molar-refractivity contribution in [3.63, 3.8) is 0 Å². The number of halogens is 1. The second-order valence-electron chi connectivity index (χ2n) is 5.94. The van der Waals surface area contributed by atoms with Crippen molar-refractivity contribution in [3.8, 4) is 5.75 Å². The first kappa shape index (κ1) is 16.1. The number of carbonyl (C=O) groups is 1. The summed E-state index contributed by atoms with van der Waals surface area (Å²) in [6, 6.07) is 4.45. The molecule has 2 unspecified atom stereocenters. The normalized spacial score (nSPS) is 24.0. The van der Waals surface area contributed by atoms with E-state index in [-0.39, 0.29) is 30.5 Å². The molecule has 0 saturated carbocycles. The summed E-state index contributed by atoms with van der Waals surface area (Å²) in [6.07, 6.45) is 0.359. The van der Waals surface area contributed by atoms with Crippen LogP contribution in [0.25, 0.3) is 0 Å². The molecule has 2 atom stereocenters. The number of ether oxygens (including phenoxy) is 1. The van der Waals surface area contributed by atoms with Crippen LogP contribution < -0.4 is 10.1 Å². The second-order valence-corrected chi connectivity index (χ2v) is 5.94. The minimum atomic E-state index is -0.341. The van der Waals surface area contributed by atoms with Crippen LogP contribution in [0.3, 0.4) is 0 Å². The molecule has 1 N–H and O–H groups in total. The average Bonchev–Trinajstić information content (AvgIpc) is 2.82. The van der Waals surface area contributed by atoms with Crippen LogP contribution in [0.2, 0.25) is 0 Å². The summed E-state index contributed by atoms with van der Waals surface area (Å²) in [5, 5.41) is 3.31. The fraction of sp³-hybridized carbons (Fsp3) is 0.562. The number of carbonyl (C=O) groups excluding carboxylic acids is 1. The van der Waals surface area contributed by atoms with Gasteiger partial charge in [0.15, 0.2) is 6.10 Å². The van der Waals surface area contributed by atoms with Crippen LogP contribution in [0.4, 0.5) is 0 Å². The molecule has 1 aromatic carbocycles. The number of hydrogen-bond donors (Lipinski definition) is 1. The lowest BCUT2D eigenvalue weighted by Gasteiger charge is -2.35. The molecule has 1 fully saturated rings. The van der Waals surface area contributed by atoms with E-state index in [2.05, 4.69) is 38.2 Å². The number of rotatable bonds is 1. The van der Waals surface area contributed by atoms with Gasteiger partial charge in [0.05, 0.1) is 0 Å². The maximum absolute atomic E-state index is 12.6. The van der Waals surface area contributed by atoms with Gasteiger partial charge in [-0.2, -0.15) is 0 Å². The third kappa shape index (κ3) is 3.01. The van der Waals surface area contributed by atoms with E-state index < -0.39 is 0 Å². The molecule has 0 aliphatic carbocycles. The van der Waals surface area contributed by atoms with Gasteiger partial charge in [0.2, 0.25) is 0 Å². The lowest BCUT2D eigenvalue weighted by molar-refractivity contribution is -0.140. The predicted octanol–water partition coefficient (Wildman–Crippen LogP) is 1.85. The Kier molecular flexibility index (Phi) is 4.79.